The van der Waals surface area contributed by atoms with Gasteiger partial charge < -0.3 is 0 Å². The van der Waals surface area contributed by atoms with E-state index in [0.717, 1.165) is 39.1 Å². The van der Waals surface area contributed by atoms with Gasteiger partial charge in [-0.2, -0.15) is 0 Å². The molecule has 0 bridgehead atoms. The first kappa shape index (κ1) is 28.6. The molecule has 234 valence electrons. The smallest absolute Gasteiger partial charge is 0.235 e. The number of hydrogen-bond donors (Lipinski definition) is 0. The van der Waals surface area contributed by atoms with E-state index in [2.05, 4.69) is 174 Å². The zero-order chi connectivity index (χ0) is 33.0. The summed E-state index contributed by atoms with van der Waals surface area (Å²) in [4.78, 5) is 10.7. The molecule has 10 rings (SSSR count). The lowest BCUT2D eigenvalue weighted by Gasteiger charge is -2.12. The largest absolute Gasteiger partial charge is 0.278 e. The lowest BCUT2D eigenvalue weighted by molar-refractivity contribution is 0.996. The molecule has 0 aliphatic carbocycles. The summed E-state index contributed by atoms with van der Waals surface area (Å²) in [7, 11) is 0. The van der Waals surface area contributed by atoms with Crippen molar-refractivity contribution in [2.75, 3.05) is 0 Å². The van der Waals surface area contributed by atoms with Crippen LogP contribution in [0.5, 0.6) is 0 Å². The third-order valence-electron chi connectivity index (χ3n) is 9.65. The second-order valence-electron chi connectivity index (χ2n) is 12.6. The van der Waals surface area contributed by atoms with E-state index in [1.165, 1.54) is 47.6 Å². The van der Waals surface area contributed by atoms with Crippen LogP contribution >= 0.6 is 11.3 Å². The van der Waals surface area contributed by atoms with Crippen molar-refractivity contribution in [2.45, 2.75) is 0 Å². The molecular weight excluding hydrogens is 627 g/mol. The summed E-state index contributed by atoms with van der Waals surface area (Å²) < 4.78 is 4.75. The second kappa shape index (κ2) is 11.7. The molecule has 10 aromatic rings. The molecular formula is C46H29N3S. The van der Waals surface area contributed by atoms with Gasteiger partial charge in [0.05, 0.1) is 22.4 Å². The summed E-state index contributed by atoms with van der Waals surface area (Å²) in [6.07, 6.45) is 0. The molecule has 0 spiro atoms. The first-order chi connectivity index (χ1) is 24.8. The maximum absolute atomic E-state index is 5.43. The standard InChI is InChI=1S/C46H29N3S/c1-4-14-30(15-5-1)33-26-27-36-35-20-10-11-25-42(35)49(43(36)28-33)46-47-40(32-18-8-3-9-19-32)29-41(48-46)39-24-13-23-38-37-22-12-21-34(44(37)50-45(38)39)31-16-6-2-7-17-31/h1-29H. The van der Waals surface area contributed by atoms with Crippen LogP contribution in [0.1, 0.15) is 0 Å². The zero-order valence-electron chi connectivity index (χ0n) is 27.0. The van der Waals surface area contributed by atoms with Gasteiger partial charge in [-0.15, -0.1) is 11.3 Å². The number of thiophene rings is 1. The monoisotopic (exact) mass is 655 g/mol. The second-order valence-corrected chi connectivity index (χ2v) is 13.6. The van der Waals surface area contributed by atoms with E-state index >= 15 is 0 Å². The highest BCUT2D eigenvalue weighted by Gasteiger charge is 2.20. The van der Waals surface area contributed by atoms with Crippen molar-refractivity contribution in [3.8, 4) is 50.7 Å². The van der Waals surface area contributed by atoms with Gasteiger partial charge in [0, 0.05) is 42.1 Å². The zero-order valence-corrected chi connectivity index (χ0v) is 27.8. The normalized spacial score (nSPS) is 11.6. The van der Waals surface area contributed by atoms with Gasteiger partial charge in [-0.05, 0) is 40.5 Å². The highest BCUT2D eigenvalue weighted by molar-refractivity contribution is 7.26. The Morgan fingerprint density at radius 2 is 0.920 bits per heavy atom. The Bertz CT molecular complexity index is 2850. The van der Waals surface area contributed by atoms with Gasteiger partial charge in [0.25, 0.3) is 0 Å². The van der Waals surface area contributed by atoms with Crippen molar-refractivity contribution < 1.29 is 0 Å². The van der Waals surface area contributed by atoms with Crippen LogP contribution in [0.2, 0.25) is 0 Å². The molecule has 0 amide bonds. The van der Waals surface area contributed by atoms with Crippen LogP contribution in [0.25, 0.3) is 92.7 Å². The van der Waals surface area contributed by atoms with Crippen LogP contribution in [-0.2, 0) is 0 Å². The van der Waals surface area contributed by atoms with Crippen molar-refractivity contribution in [1.29, 1.82) is 0 Å². The van der Waals surface area contributed by atoms with Crippen LogP contribution in [0.3, 0.4) is 0 Å². The molecule has 0 radical (unpaired) electrons. The summed E-state index contributed by atoms with van der Waals surface area (Å²) in [5.74, 6) is 0.654. The van der Waals surface area contributed by atoms with Crippen LogP contribution < -0.4 is 0 Å². The molecule has 0 fully saturated rings. The van der Waals surface area contributed by atoms with Gasteiger partial charge in [-0.25, -0.2) is 9.97 Å². The predicted molar refractivity (Wildman–Crippen MR) is 211 cm³/mol. The quantitative estimate of drug-likeness (QED) is 0.185. The number of rotatable bonds is 5. The average molecular weight is 656 g/mol. The van der Waals surface area contributed by atoms with E-state index in [1.807, 2.05) is 17.4 Å². The molecule has 0 aliphatic rings. The highest BCUT2D eigenvalue weighted by Crippen LogP contribution is 2.44. The summed E-state index contributed by atoms with van der Waals surface area (Å²) in [5.41, 5.74) is 10.9. The summed E-state index contributed by atoms with van der Waals surface area (Å²) in [5, 5.41) is 4.86. The summed E-state index contributed by atoms with van der Waals surface area (Å²) >= 11 is 1.85. The van der Waals surface area contributed by atoms with Gasteiger partial charge >= 0.3 is 0 Å². The number of nitrogens with zero attached hydrogens (tertiary/aromatic N) is 3. The minimum absolute atomic E-state index is 0.654. The maximum atomic E-state index is 5.43. The fraction of sp³-hybridized carbons (Fsp3) is 0. The van der Waals surface area contributed by atoms with Crippen LogP contribution in [0.15, 0.2) is 176 Å². The van der Waals surface area contributed by atoms with Gasteiger partial charge in [-0.3, -0.25) is 4.57 Å². The lowest BCUT2D eigenvalue weighted by Crippen LogP contribution is -2.04. The molecule has 3 aromatic heterocycles. The number of fused-ring (bicyclic) bond motifs is 6. The molecule has 0 atom stereocenters. The third kappa shape index (κ3) is 4.65. The summed E-state index contributed by atoms with van der Waals surface area (Å²) in [6, 6.07) is 62.4. The first-order valence-electron chi connectivity index (χ1n) is 16.8. The van der Waals surface area contributed by atoms with Crippen molar-refractivity contribution in [2.24, 2.45) is 0 Å². The first-order valence-corrected chi connectivity index (χ1v) is 17.7. The SMILES string of the molecule is c1ccc(-c2ccc3c4ccccc4n(-c4nc(-c5ccccc5)cc(-c5cccc6c5sc5c(-c7ccccc7)cccc56)n4)c3c2)cc1. The molecule has 0 aliphatic heterocycles. The molecule has 4 heteroatoms. The Labute approximate surface area is 293 Å². The van der Waals surface area contributed by atoms with E-state index in [-0.39, 0.29) is 0 Å². The molecule has 3 nitrogen and oxygen atoms in total. The third-order valence-corrected chi connectivity index (χ3v) is 10.9. The van der Waals surface area contributed by atoms with Gasteiger partial charge in [0.2, 0.25) is 5.95 Å². The molecule has 3 heterocycles. The van der Waals surface area contributed by atoms with E-state index in [0.29, 0.717) is 5.95 Å². The molecule has 0 saturated carbocycles. The minimum Gasteiger partial charge on any atom is -0.278 e. The Balaban J connectivity index is 1.25. The Morgan fingerprint density at radius 3 is 1.66 bits per heavy atom. The fourth-order valence-corrected chi connectivity index (χ4v) is 8.65. The van der Waals surface area contributed by atoms with E-state index in [1.54, 1.807) is 0 Å². The van der Waals surface area contributed by atoms with Gasteiger partial charge in [0.15, 0.2) is 0 Å². The lowest BCUT2D eigenvalue weighted by atomic mass is 10.0. The topological polar surface area (TPSA) is 30.7 Å². The number of hydrogen-bond acceptors (Lipinski definition) is 3. The fourth-order valence-electron chi connectivity index (χ4n) is 7.29. The average Bonchev–Trinajstić information content (AvgIpc) is 3.74. The van der Waals surface area contributed by atoms with E-state index in [4.69, 9.17) is 9.97 Å². The minimum atomic E-state index is 0.654. The maximum Gasteiger partial charge on any atom is 0.235 e. The van der Waals surface area contributed by atoms with Crippen LogP contribution in [0.4, 0.5) is 0 Å². The Morgan fingerprint density at radius 1 is 0.360 bits per heavy atom. The number of aromatic nitrogens is 3. The molecule has 0 N–H and O–H groups in total. The van der Waals surface area contributed by atoms with Crippen LogP contribution in [0, 0.1) is 0 Å². The van der Waals surface area contributed by atoms with Crippen molar-refractivity contribution >= 4 is 53.3 Å². The van der Waals surface area contributed by atoms with E-state index in [9.17, 15) is 0 Å². The van der Waals surface area contributed by atoms with Crippen molar-refractivity contribution in [3.05, 3.63) is 176 Å². The van der Waals surface area contributed by atoms with Gasteiger partial charge in [-0.1, -0.05) is 158 Å². The van der Waals surface area contributed by atoms with Gasteiger partial charge in [0.1, 0.15) is 0 Å². The molecule has 0 saturated heterocycles. The Kier molecular flexibility index (Phi) is 6.68. The molecule has 0 unspecified atom stereocenters. The van der Waals surface area contributed by atoms with Crippen LogP contribution in [-0.4, -0.2) is 14.5 Å². The Hall–Kier alpha value is -6.36. The number of para-hydroxylation sites is 1. The van der Waals surface area contributed by atoms with Crippen molar-refractivity contribution in [3.63, 3.8) is 0 Å². The van der Waals surface area contributed by atoms with E-state index < -0.39 is 0 Å². The predicted octanol–water partition coefficient (Wildman–Crippen LogP) is 12.6. The molecule has 7 aromatic carbocycles. The highest BCUT2D eigenvalue weighted by atomic mass is 32.1. The summed E-state index contributed by atoms with van der Waals surface area (Å²) in [6.45, 7) is 0. The van der Waals surface area contributed by atoms with Crippen molar-refractivity contribution in [1.82, 2.24) is 14.5 Å². The molecule has 50 heavy (non-hydrogen) atoms. The number of benzene rings is 7.